The SMILES string of the molecule is O=C(NCC1(C2CCC2)CC1)c1cccn2nccc12. The third-order valence-electron chi connectivity index (χ3n) is 5.15. The number of hydrogen-bond donors (Lipinski definition) is 1. The van der Waals surface area contributed by atoms with Gasteiger partial charge in [-0.25, -0.2) is 4.52 Å². The van der Waals surface area contributed by atoms with Crippen molar-refractivity contribution in [2.24, 2.45) is 11.3 Å². The van der Waals surface area contributed by atoms with Crippen molar-refractivity contribution >= 4 is 11.4 Å². The topological polar surface area (TPSA) is 46.4 Å². The van der Waals surface area contributed by atoms with Gasteiger partial charge in [-0.3, -0.25) is 4.79 Å². The van der Waals surface area contributed by atoms with Crippen LogP contribution in [0.15, 0.2) is 30.6 Å². The second-order valence-electron chi connectivity index (χ2n) is 6.26. The van der Waals surface area contributed by atoms with Crippen LogP contribution in [-0.2, 0) is 0 Å². The van der Waals surface area contributed by atoms with Gasteiger partial charge in [0.2, 0.25) is 0 Å². The van der Waals surface area contributed by atoms with Crippen molar-refractivity contribution in [3.05, 3.63) is 36.2 Å². The van der Waals surface area contributed by atoms with E-state index in [1.165, 1.54) is 32.1 Å². The first-order chi connectivity index (χ1) is 9.78. The molecule has 0 aromatic carbocycles. The maximum atomic E-state index is 12.4. The summed E-state index contributed by atoms with van der Waals surface area (Å²) in [5.74, 6) is 0.884. The normalized spacial score (nSPS) is 20.6. The molecule has 0 saturated heterocycles. The minimum Gasteiger partial charge on any atom is -0.351 e. The minimum absolute atomic E-state index is 0.0294. The van der Waals surface area contributed by atoms with Gasteiger partial charge in [0.25, 0.3) is 5.91 Å². The highest BCUT2D eigenvalue weighted by Crippen LogP contribution is 2.58. The summed E-state index contributed by atoms with van der Waals surface area (Å²) in [5.41, 5.74) is 2.02. The van der Waals surface area contributed by atoms with E-state index >= 15 is 0 Å². The van der Waals surface area contributed by atoms with E-state index in [9.17, 15) is 4.79 Å². The van der Waals surface area contributed by atoms with Crippen molar-refractivity contribution in [1.29, 1.82) is 0 Å². The smallest absolute Gasteiger partial charge is 0.253 e. The molecule has 1 amide bonds. The average Bonchev–Trinajstić information content (AvgIpc) is 3.00. The molecule has 0 bridgehead atoms. The van der Waals surface area contributed by atoms with Gasteiger partial charge >= 0.3 is 0 Å². The van der Waals surface area contributed by atoms with Crippen LogP contribution in [0.3, 0.4) is 0 Å². The lowest BCUT2D eigenvalue weighted by Gasteiger charge is -2.34. The Hall–Kier alpha value is -1.84. The maximum absolute atomic E-state index is 12.4. The number of nitrogens with zero attached hydrogens (tertiary/aromatic N) is 2. The Kier molecular flexibility index (Phi) is 2.59. The van der Waals surface area contributed by atoms with E-state index in [1.807, 2.05) is 24.4 Å². The zero-order valence-corrected chi connectivity index (χ0v) is 11.5. The summed E-state index contributed by atoms with van der Waals surface area (Å²) in [7, 11) is 0. The van der Waals surface area contributed by atoms with E-state index in [2.05, 4.69) is 10.4 Å². The Morgan fingerprint density at radius 2 is 2.25 bits per heavy atom. The van der Waals surface area contributed by atoms with E-state index < -0.39 is 0 Å². The van der Waals surface area contributed by atoms with Crippen LogP contribution in [0.2, 0.25) is 0 Å². The number of carbonyl (C=O) groups excluding carboxylic acids is 1. The van der Waals surface area contributed by atoms with Gasteiger partial charge in [0.15, 0.2) is 0 Å². The molecule has 4 nitrogen and oxygen atoms in total. The van der Waals surface area contributed by atoms with Crippen molar-refractivity contribution in [1.82, 2.24) is 14.9 Å². The first-order valence-corrected chi connectivity index (χ1v) is 7.49. The molecule has 2 saturated carbocycles. The molecule has 0 aliphatic heterocycles. The Labute approximate surface area is 118 Å². The summed E-state index contributed by atoms with van der Waals surface area (Å²) >= 11 is 0. The Balaban J connectivity index is 1.49. The number of pyridine rings is 1. The first-order valence-electron chi connectivity index (χ1n) is 7.49. The number of fused-ring (bicyclic) bond motifs is 1. The minimum atomic E-state index is 0.0294. The Bertz CT molecular complexity index is 653. The number of aromatic nitrogens is 2. The molecule has 2 heterocycles. The lowest BCUT2D eigenvalue weighted by Crippen LogP contribution is -2.36. The highest BCUT2D eigenvalue weighted by molar-refractivity contribution is 6.00. The average molecular weight is 269 g/mol. The van der Waals surface area contributed by atoms with Gasteiger partial charge < -0.3 is 5.32 Å². The fourth-order valence-corrected chi connectivity index (χ4v) is 3.41. The van der Waals surface area contributed by atoms with Crippen LogP contribution >= 0.6 is 0 Å². The molecule has 1 N–H and O–H groups in total. The Morgan fingerprint density at radius 3 is 2.95 bits per heavy atom. The number of rotatable bonds is 4. The number of nitrogens with one attached hydrogen (secondary N) is 1. The van der Waals surface area contributed by atoms with Crippen LogP contribution in [0.25, 0.3) is 5.52 Å². The highest BCUT2D eigenvalue weighted by Gasteiger charge is 2.50. The van der Waals surface area contributed by atoms with Crippen molar-refractivity contribution in [2.75, 3.05) is 6.54 Å². The summed E-state index contributed by atoms with van der Waals surface area (Å²) < 4.78 is 1.74. The van der Waals surface area contributed by atoms with Gasteiger partial charge in [-0.2, -0.15) is 5.10 Å². The first kappa shape index (κ1) is 11.9. The molecule has 2 fully saturated rings. The second-order valence-corrected chi connectivity index (χ2v) is 6.26. The fourth-order valence-electron chi connectivity index (χ4n) is 3.41. The van der Waals surface area contributed by atoms with Crippen LogP contribution in [0.4, 0.5) is 0 Å². The second kappa shape index (κ2) is 4.33. The van der Waals surface area contributed by atoms with Crippen LogP contribution in [0, 0.1) is 11.3 Å². The zero-order chi connectivity index (χ0) is 13.6. The van der Waals surface area contributed by atoms with Gasteiger partial charge in [0.05, 0.1) is 17.3 Å². The molecule has 0 atom stereocenters. The zero-order valence-electron chi connectivity index (χ0n) is 11.5. The predicted octanol–water partition coefficient (Wildman–Crippen LogP) is 2.64. The fraction of sp³-hybridized carbons (Fsp3) is 0.500. The maximum Gasteiger partial charge on any atom is 0.253 e. The molecule has 2 aliphatic rings. The quantitative estimate of drug-likeness (QED) is 0.927. The van der Waals surface area contributed by atoms with Crippen molar-refractivity contribution < 1.29 is 4.79 Å². The third-order valence-corrected chi connectivity index (χ3v) is 5.15. The Morgan fingerprint density at radius 1 is 1.40 bits per heavy atom. The summed E-state index contributed by atoms with van der Waals surface area (Å²) in [5, 5.41) is 7.32. The van der Waals surface area contributed by atoms with Gasteiger partial charge in [-0.05, 0) is 55.2 Å². The largest absolute Gasteiger partial charge is 0.351 e. The summed E-state index contributed by atoms with van der Waals surface area (Å²) in [6, 6.07) is 5.62. The van der Waals surface area contributed by atoms with Crippen LogP contribution < -0.4 is 5.32 Å². The van der Waals surface area contributed by atoms with E-state index in [4.69, 9.17) is 0 Å². The van der Waals surface area contributed by atoms with Gasteiger partial charge in [-0.1, -0.05) is 6.42 Å². The summed E-state index contributed by atoms with van der Waals surface area (Å²) in [4.78, 5) is 12.4. The molecule has 2 aromatic heterocycles. The van der Waals surface area contributed by atoms with Crippen LogP contribution in [0.1, 0.15) is 42.5 Å². The molecule has 2 aliphatic carbocycles. The van der Waals surface area contributed by atoms with Crippen molar-refractivity contribution in [3.63, 3.8) is 0 Å². The number of amides is 1. The number of hydrogen-bond acceptors (Lipinski definition) is 2. The molecule has 0 spiro atoms. The van der Waals surface area contributed by atoms with Crippen LogP contribution in [0.5, 0.6) is 0 Å². The van der Waals surface area contributed by atoms with Gasteiger partial charge in [0.1, 0.15) is 0 Å². The molecular weight excluding hydrogens is 250 g/mol. The summed E-state index contributed by atoms with van der Waals surface area (Å²) in [6.45, 7) is 0.839. The highest BCUT2D eigenvalue weighted by atomic mass is 16.1. The van der Waals surface area contributed by atoms with Crippen molar-refractivity contribution in [3.8, 4) is 0 Å². The third kappa shape index (κ3) is 1.82. The van der Waals surface area contributed by atoms with E-state index in [1.54, 1.807) is 10.7 Å². The standard InChI is InChI=1S/C16H19N3O/c20-15(13-5-2-10-19-14(13)6-9-18-19)17-11-16(7-8-16)12-3-1-4-12/h2,5-6,9-10,12H,1,3-4,7-8,11H2,(H,17,20). The molecular formula is C16H19N3O. The van der Waals surface area contributed by atoms with E-state index in [-0.39, 0.29) is 5.91 Å². The van der Waals surface area contributed by atoms with Crippen molar-refractivity contribution in [2.45, 2.75) is 32.1 Å². The van der Waals surface area contributed by atoms with E-state index in [0.29, 0.717) is 5.41 Å². The monoisotopic (exact) mass is 269 g/mol. The predicted molar refractivity (Wildman–Crippen MR) is 76.5 cm³/mol. The lowest BCUT2D eigenvalue weighted by atomic mass is 9.73. The van der Waals surface area contributed by atoms with E-state index in [0.717, 1.165) is 23.5 Å². The number of carbonyl (C=O) groups is 1. The van der Waals surface area contributed by atoms with Gasteiger partial charge in [0, 0.05) is 12.7 Å². The molecule has 20 heavy (non-hydrogen) atoms. The molecule has 104 valence electrons. The van der Waals surface area contributed by atoms with Crippen LogP contribution in [-0.4, -0.2) is 22.1 Å². The molecule has 4 heteroatoms. The van der Waals surface area contributed by atoms with Gasteiger partial charge in [-0.15, -0.1) is 0 Å². The molecule has 2 aromatic rings. The molecule has 4 rings (SSSR count). The molecule has 0 radical (unpaired) electrons. The molecule has 0 unspecified atom stereocenters. The lowest BCUT2D eigenvalue weighted by molar-refractivity contribution is 0.0924. The summed E-state index contributed by atoms with van der Waals surface area (Å²) in [6.07, 6.45) is 10.2.